The second-order valence-corrected chi connectivity index (χ2v) is 6.90. The van der Waals surface area contributed by atoms with Crippen molar-refractivity contribution in [1.82, 2.24) is 10.2 Å². The molecule has 0 aliphatic carbocycles. The van der Waals surface area contributed by atoms with Crippen LogP contribution in [-0.4, -0.2) is 36.6 Å². The van der Waals surface area contributed by atoms with Gasteiger partial charge in [0.15, 0.2) is 0 Å². The molecule has 1 aliphatic rings. The van der Waals surface area contributed by atoms with E-state index in [0.717, 1.165) is 5.92 Å². The minimum atomic E-state index is 0.338. The molecule has 1 fully saturated rings. The summed E-state index contributed by atoms with van der Waals surface area (Å²) < 4.78 is 0. The zero-order chi connectivity index (χ0) is 15.0. The highest BCUT2D eigenvalue weighted by Crippen LogP contribution is 2.32. The Morgan fingerprint density at radius 3 is 2.25 bits per heavy atom. The molecule has 0 spiro atoms. The summed E-state index contributed by atoms with van der Waals surface area (Å²) in [5.41, 5.74) is 0.338. The van der Waals surface area contributed by atoms with Crippen molar-refractivity contribution < 1.29 is 0 Å². The van der Waals surface area contributed by atoms with Gasteiger partial charge in [-0.25, -0.2) is 0 Å². The van der Waals surface area contributed by atoms with Crippen LogP contribution >= 0.6 is 0 Å². The zero-order valence-corrected chi connectivity index (χ0v) is 14.7. The molecule has 0 aromatic carbocycles. The summed E-state index contributed by atoms with van der Waals surface area (Å²) >= 11 is 0. The Morgan fingerprint density at radius 1 is 1.15 bits per heavy atom. The van der Waals surface area contributed by atoms with E-state index in [9.17, 15) is 0 Å². The third kappa shape index (κ3) is 4.46. The predicted molar refractivity (Wildman–Crippen MR) is 90.3 cm³/mol. The van der Waals surface area contributed by atoms with Crippen molar-refractivity contribution in [3.8, 4) is 0 Å². The Morgan fingerprint density at radius 2 is 1.80 bits per heavy atom. The van der Waals surface area contributed by atoms with E-state index >= 15 is 0 Å². The first-order valence-corrected chi connectivity index (χ1v) is 9.04. The fraction of sp³-hybridized carbons (Fsp3) is 1.00. The molecule has 3 atom stereocenters. The van der Waals surface area contributed by atoms with E-state index in [4.69, 9.17) is 0 Å². The normalized spacial score (nSPS) is 22.6. The Hall–Kier alpha value is -0.0800. The number of hydrogen-bond donors (Lipinski definition) is 1. The molecule has 20 heavy (non-hydrogen) atoms. The molecular formula is C18H38N2. The van der Waals surface area contributed by atoms with Crippen LogP contribution in [0.3, 0.4) is 0 Å². The van der Waals surface area contributed by atoms with Gasteiger partial charge in [-0.05, 0) is 58.7 Å². The number of likely N-dealkylation sites (tertiary alicyclic amines) is 1. The first kappa shape index (κ1) is 18.0. The number of hydrogen-bond acceptors (Lipinski definition) is 2. The molecule has 0 saturated carbocycles. The van der Waals surface area contributed by atoms with Gasteiger partial charge in [0.25, 0.3) is 0 Å². The lowest BCUT2D eigenvalue weighted by Gasteiger charge is -2.45. The molecule has 120 valence electrons. The van der Waals surface area contributed by atoms with Crippen molar-refractivity contribution in [3.63, 3.8) is 0 Å². The van der Waals surface area contributed by atoms with Crippen LogP contribution in [0.2, 0.25) is 0 Å². The monoisotopic (exact) mass is 282 g/mol. The number of unbranched alkanes of at least 4 members (excludes halogenated alkanes) is 1. The van der Waals surface area contributed by atoms with Gasteiger partial charge in [-0.15, -0.1) is 0 Å². The Kier molecular flexibility index (Phi) is 8.13. The molecule has 1 heterocycles. The zero-order valence-electron chi connectivity index (χ0n) is 14.7. The fourth-order valence-electron chi connectivity index (χ4n) is 3.92. The van der Waals surface area contributed by atoms with Crippen molar-refractivity contribution in [1.29, 1.82) is 0 Å². The van der Waals surface area contributed by atoms with Crippen molar-refractivity contribution >= 4 is 0 Å². The van der Waals surface area contributed by atoms with Gasteiger partial charge in [0.1, 0.15) is 0 Å². The number of rotatable bonds is 10. The first-order chi connectivity index (χ1) is 9.62. The van der Waals surface area contributed by atoms with Gasteiger partial charge < -0.3 is 5.32 Å². The van der Waals surface area contributed by atoms with Crippen LogP contribution < -0.4 is 5.32 Å². The molecule has 2 heteroatoms. The van der Waals surface area contributed by atoms with E-state index < -0.39 is 0 Å². The summed E-state index contributed by atoms with van der Waals surface area (Å²) in [6.07, 6.45) is 10.8. The van der Waals surface area contributed by atoms with Gasteiger partial charge in [-0.1, -0.05) is 46.5 Å². The van der Waals surface area contributed by atoms with Gasteiger partial charge in [0.2, 0.25) is 0 Å². The molecular weight excluding hydrogens is 244 g/mol. The largest absolute Gasteiger partial charge is 0.315 e. The standard InChI is InChI=1S/C18H38N2/c1-6-9-12-16(7-2)15-17(19-5)18(4,8-3)20-13-10-11-14-20/h16-17,19H,6-15H2,1-5H3. The van der Waals surface area contributed by atoms with E-state index in [-0.39, 0.29) is 0 Å². The molecule has 0 aromatic heterocycles. The summed E-state index contributed by atoms with van der Waals surface area (Å²) in [5.74, 6) is 0.890. The Labute approximate surface area is 127 Å². The van der Waals surface area contributed by atoms with Crippen molar-refractivity contribution in [2.45, 2.75) is 90.6 Å². The summed E-state index contributed by atoms with van der Waals surface area (Å²) in [6.45, 7) is 12.1. The Balaban J connectivity index is 2.69. The van der Waals surface area contributed by atoms with E-state index in [1.807, 2.05) is 0 Å². The highest BCUT2D eigenvalue weighted by Gasteiger charge is 2.39. The van der Waals surface area contributed by atoms with E-state index in [0.29, 0.717) is 11.6 Å². The van der Waals surface area contributed by atoms with Crippen molar-refractivity contribution in [2.75, 3.05) is 20.1 Å². The average molecular weight is 283 g/mol. The summed E-state index contributed by atoms with van der Waals surface area (Å²) in [7, 11) is 2.17. The van der Waals surface area contributed by atoms with Crippen LogP contribution in [0.25, 0.3) is 0 Å². The van der Waals surface area contributed by atoms with Crippen molar-refractivity contribution in [2.24, 2.45) is 5.92 Å². The SMILES string of the molecule is CCCCC(CC)CC(NC)C(C)(CC)N1CCCC1. The maximum atomic E-state index is 3.67. The maximum Gasteiger partial charge on any atom is 0.0331 e. The van der Waals surface area contributed by atoms with Crippen molar-refractivity contribution in [3.05, 3.63) is 0 Å². The molecule has 0 radical (unpaired) electrons. The lowest BCUT2D eigenvalue weighted by atomic mass is 9.80. The summed E-state index contributed by atoms with van der Waals surface area (Å²) in [4.78, 5) is 2.75. The molecule has 1 aliphatic heterocycles. The maximum absolute atomic E-state index is 3.67. The second-order valence-electron chi connectivity index (χ2n) is 6.90. The fourth-order valence-corrected chi connectivity index (χ4v) is 3.92. The smallest absolute Gasteiger partial charge is 0.0331 e. The quantitative estimate of drug-likeness (QED) is 0.637. The van der Waals surface area contributed by atoms with Crippen LogP contribution in [-0.2, 0) is 0 Å². The highest BCUT2D eigenvalue weighted by molar-refractivity contribution is 4.98. The molecule has 1 N–H and O–H groups in total. The third-order valence-corrected chi connectivity index (χ3v) is 5.76. The average Bonchev–Trinajstić information content (AvgIpc) is 3.01. The van der Waals surface area contributed by atoms with Gasteiger partial charge in [0.05, 0.1) is 0 Å². The minimum Gasteiger partial charge on any atom is -0.315 e. The van der Waals surface area contributed by atoms with Crippen LogP contribution in [0, 0.1) is 5.92 Å². The number of likely N-dealkylation sites (N-methyl/N-ethyl adjacent to an activating group) is 1. The molecule has 1 rings (SSSR count). The number of nitrogens with one attached hydrogen (secondary N) is 1. The first-order valence-electron chi connectivity index (χ1n) is 9.04. The molecule has 0 amide bonds. The second kappa shape index (κ2) is 9.04. The van der Waals surface area contributed by atoms with E-state index in [1.54, 1.807) is 0 Å². The van der Waals surface area contributed by atoms with Gasteiger partial charge in [-0.3, -0.25) is 4.90 Å². The van der Waals surface area contributed by atoms with E-state index in [2.05, 4.69) is 45.0 Å². The van der Waals surface area contributed by atoms with Gasteiger partial charge in [-0.2, -0.15) is 0 Å². The summed E-state index contributed by atoms with van der Waals surface area (Å²) in [5, 5.41) is 3.67. The summed E-state index contributed by atoms with van der Waals surface area (Å²) in [6, 6.07) is 0.632. The lowest BCUT2D eigenvalue weighted by Crippen LogP contribution is -2.58. The van der Waals surface area contributed by atoms with Crippen LogP contribution in [0.15, 0.2) is 0 Å². The van der Waals surface area contributed by atoms with Crippen LogP contribution in [0.5, 0.6) is 0 Å². The third-order valence-electron chi connectivity index (χ3n) is 5.76. The van der Waals surface area contributed by atoms with Crippen LogP contribution in [0.4, 0.5) is 0 Å². The lowest BCUT2D eigenvalue weighted by molar-refractivity contribution is 0.0746. The van der Waals surface area contributed by atoms with Crippen LogP contribution in [0.1, 0.15) is 79.1 Å². The van der Waals surface area contributed by atoms with Gasteiger partial charge in [0, 0.05) is 11.6 Å². The topological polar surface area (TPSA) is 15.3 Å². The molecule has 1 saturated heterocycles. The molecule has 0 aromatic rings. The Bertz CT molecular complexity index is 248. The molecule has 2 nitrogen and oxygen atoms in total. The molecule has 3 unspecified atom stereocenters. The predicted octanol–water partition coefficient (Wildman–Crippen LogP) is 4.45. The molecule has 0 bridgehead atoms. The van der Waals surface area contributed by atoms with Gasteiger partial charge >= 0.3 is 0 Å². The highest BCUT2D eigenvalue weighted by atomic mass is 15.2. The van der Waals surface area contributed by atoms with E-state index in [1.165, 1.54) is 64.5 Å². The minimum absolute atomic E-state index is 0.338. The number of nitrogens with zero attached hydrogens (tertiary/aromatic N) is 1.